The summed E-state index contributed by atoms with van der Waals surface area (Å²) in [5, 5.41) is 136. The summed E-state index contributed by atoms with van der Waals surface area (Å²) in [7, 11) is 0. The minimum absolute atomic E-state index is 0.205. The standard InChI is InChI=1S/C71H132N2O21/c1-4-6-8-10-12-14-16-18-20-22-23-24-25-26-27-29-30-32-34-36-38-40-42-44-53(78)52(73-58(81)45-43-41-39-37-35-33-31-28-21-19-17-15-13-11-9-7-5-2)50-89-68-63(85)62(84)65(57(49-76)91-68)92-69-64(86)67(61(83)56(48-75)90-69)94-71(70(87)88)46-54(79)59(72-51(3)77)66(93-71)60(82)55(80)47-74/h42,44,52-57,59-69,74-76,78-80,82-86H,4-41,43,45-50H2,1-3H3,(H,72,77)(H,73,81)(H,87,88)/b44-42+. The molecule has 18 atom stereocenters. The molecule has 2 amide bonds. The third kappa shape index (κ3) is 33.1. The van der Waals surface area contributed by atoms with Gasteiger partial charge < -0.3 is 100 Å². The summed E-state index contributed by atoms with van der Waals surface area (Å²) in [6.45, 7) is 2.17. The van der Waals surface area contributed by atoms with Crippen molar-refractivity contribution < 1.29 is 104 Å². The first-order valence-corrected chi connectivity index (χ1v) is 37.1. The summed E-state index contributed by atoms with van der Waals surface area (Å²) in [5.41, 5.74) is 0. The molecule has 23 heteroatoms. The van der Waals surface area contributed by atoms with Crippen LogP contribution in [0.5, 0.6) is 0 Å². The van der Waals surface area contributed by atoms with Gasteiger partial charge in [0.15, 0.2) is 12.6 Å². The van der Waals surface area contributed by atoms with Gasteiger partial charge in [-0.2, -0.15) is 0 Å². The summed E-state index contributed by atoms with van der Waals surface area (Å²) >= 11 is 0. The summed E-state index contributed by atoms with van der Waals surface area (Å²) in [5.74, 6) is -6.13. The lowest BCUT2D eigenvalue weighted by atomic mass is 9.88. The number of carboxylic acids is 1. The Balaban J connectivity index is 1.57. The second kappa shape index (κ2) is 51.6. The molecule has 0 saturated carbocycles. The van der Waals surface area contributed by atoms with Crippen molar-refractivity contribution in [2.75, 3.05) is 26.4 Å². The van der Waals surface area contributed by atoms with E-state index in [9.17, 15) is 75.7 Å². The van der Waals surface area contributed by atoms with Crippen LogP contribution >= 0.6 is 0 Å². The Morgan fingerprint density at radius 2 is 0.989 bits per heavy atom. The van der Waals surface area contributed by atoms with Crippen LogP contribution in [0.15, 0.2) is 12.2 Å². The maximum Gasteiger partial charge on any atom is 0.364 e. The molecule has 0 aromatic rings. The monoisotopic (exact) mass is 1350 g/mol. The van der Waals surface area contributed by atoms with Gasteiger partial charge in [0, 0.05) is 19.8 Å². The number of amides is 2. The normalized spacial score (nSPS) is 27.9. The molecule has 18 unspecified atom stereocenters. The predicted octanol–water partition coefficient (Wildman–Crippen LogP) is 7.85. The zero-order chi connectivity index (χ0) is 68.9. The van der Waals surface area contributed by atoms with Crippen LogP contribution in [0.1, 0.15) is 284 Å². The SMILES string of the molecule is CCCCCCCCCCCCCCCCCCCCCCC/C=C/C(O)C(COC1OC(CO)C(OC2OC(CO)C(O)C(OC3(C(=O)O)CC(O)C(NC(C)=O)C(C(O)C(O)CO)O3)C2O)C(O)C1O)NC(=O)CCCCCCCCCCCCCCCCCCC. The van der Waals surface area contributed by atoms with Crippen molar-refractivity contribution in [1.29, 1.82) is 0 Å². The highest BCUT2D eigenvalue weighted by Crippen LogP contribution is 2.39. The fourth-order valence-corrected chi connectivity index (χ4v) is 13.1. The minimum atomic E-state index is -3.08. The van der Waals surface area contributed by atoms with Crippen molar-refractivity contribution in [3.8, 4) is 0 Å². The van der Waals surface area contributed by atoms with Crippen molar-refractivity contribution in [2.24, 2.45) is 0 Å². The van der Waals surface area contributed by atoms with E-state index in [-0.39, 0.29) is 12.3 Å². The van der Waals surface area contributed by atoms with Gasteiger partial charge in [0.25, 0.3) is 5.79 Å². The zero-order valence-electron chi connectivity index (χ0n) is 57.8. The van der Waals surface area contributed by atoms with Crippen LogP contribution in [0.4, 0.5) is 0 Å². The third-order valence-corrected chi connectivity index (χ3v) is 19.0. The molecule has 23 nitrogen and oxygen atoms in total. The number of carbonyl (C=O) groups excluding carboxylic acids is 2. The molecular formula is C71H132N2O21. The second-order valence-electron chi connectivity index (χ2n) is 27.2. The lowest BCUT2D eigenvalue weighted by molar-refractivity contribution is -0.386. The van der Waals surface area contributed by atoms with Gasteiger partial charge in [0.2, 0.25) is 11.8 Å². The van der Waals surface area contributed by atoms with Gasteiger partial charge in [-0.25, -0.2) is 4.79 Å². The van der Waals surface area contributed by atoms with Crippen molar-refractivity contribution >= 4 is 17.8 Å². The van der Waals surface area contributed by atoms with E-state index in [2.05, 4.69) is 24.5 Å². The lowest BCUT2D eigenvalue weighted by Crippen LogP contribution is -2.70. The van der Waals surface area contributed by atoms with Crippen LogP contribution in [0.3, 0.4) is 0 Å². The molecule has 0 aliphatic carbocycles. The minimum Gasteiger partial charge on any atom is -0.477 e. The van der Waals surface area contributed by atoms with Crippen LogP contribution in [-0.4, -0.2) is 215 Å². The molecule has 3 rings (SSSR count). The molecule has 0 aromatic heterocycles. The van der Waals surface area contributed by atoms with Crippen LogP contribution in [0.25, 0.3) is 0 Å². The lowest BCUT2D eigenvalue weighted by Gasteiger charge is -2.50. The molecule has 94 heavy (non-hydrogen) atoms. The molecule has 3 aliphatic heterocycles. The topological polar surface area (TPSA) is 373 Å². The first-order valence-electron chi connectivity index (χ1n) is 37.1. The number of ether oxygens (including phenoxy) is 6. The number of nitrogens with one attached hydrogen (secondary N) is 2. The van der Waals surface area contributed by atoms with Gasteiger partial charge in [0.1, 0.15) is 67.1 Å². The molecule has 3 aliphatic rings. The van der Waals surface area contributed by atoms with E-state index >= 15 is 0 Å². The van der Waals surface area contributed by atoms with Gasteiger partial charge in [-0.3, -0.25) is 9.59 Å². The highest BCUT2D eigenvalue weighted by Gasteiger charge is 2.60. The van der Waals surface area contributed by atoms with E-state index in [1.807, 2.05) is 6.08 Å². The summed E-state index contributed by atoms with van der Waals surface area (Å²) in [4.78, 5) is 38.6. The maximum absolute atomic E-state index is 13.5. The van der Waals surface area contributed by atoms with Crippen LogP contribution in [0, 0.1) is 0 Å². The largest absolute Gasteiger partial charge is 0.477 e. The zero-order valence-corrected chi connectivity index (χ0v) is 57.8. The van der Waals surface area contributed by atoms with Crippen LogP contribution < -0.4 is 10.6 Å². The van der Waals surface area contributed by atoms with Gasteiger partial charge in [0.05, 0.1) is 50.7 Å². The number of carboxylic acid groups (broad SMARTS) is 1. The Morgan fingerprint density at radius 1 is 0.553 bits per heavy atom. The number of hydrogen-bond donors (Lipinski definition) is 14. The number of aliphatic hydroxyl groups is 11. The molecule has 14 N–H and O–H groups in total. The predicted molar refractivity (Wildman–Crippen MR) is 357 cm³/mol. The number of hydrogen-bond acceptors (Lipinski definition) is 20. The fraction of sp³-hybridized carbons (Fsp3) is 0.930. The molecule has 3 fully saturated rings. The van der Waals surface area contributed by atoms with Crippen molar-refractivity contribution in [1.82, 2.24) is 10.6 Å². The van der Waals surface area contributed by atoms with E-state index in [1.54, 1.807) is 6.08 Å². The van der Waals surface area contributed by atoms with Gasteiger partial charge in [-0.15, -0.1) is 0 Å². The summed E-state index contributed by atoms with van der Waals surface area (Å²) in [6, 6.07) is -2.61. The Kier molecular flexibility index (Phi) is 47.0. The second-order valence-corrected chi connectivity index (χ2v) is 27.2. The number of aliphatic carboxylic acids is 1. The number of aliphatic hydroxyl groups excluding tert-OH is 11. The highest BCUT2D eigenvalue weighted by molar-refractivity contribution is 5.77. The first-order chi connectivity index (χ1) is 45.4. The van der Waals surface area contributed by atoms with E-state index in [0.29, 0.717) is 12.8 Å². The number of rotatable bonds is 57. The molecule has 3 saturated heterocycles. The van der Waals surface area contributed by atoms with Crippen molar-refractivity contribution in [3.05, 3.63) is 12.2 Å². The molecule has 0 spiro atoms. The van der Waals surface area contributed by atoms with E-state index in [0.717, 1.165) is 51.9 Å². The quantitative estimate of drug-likeness (QED) is 0.0203. The molecule has 0 bridgehead atoms. The number of carbonyl (C=O) groups is 3. The van der Waals surface area contributed by atoms with Gasteiger partial charge >= 0.3 is 5.97 Å². The average molecular weight is 1350 g/mol. The highest BCUT2D eigenvalue weighted by atomic mass is 16.8. The summed E-state index contributed by atoms with van der Waals surface area (Å²) < 4.78 is 34.8. The Bertz CT molecular complexity index is 1940. The first kappa shape index (κ1) is 85.7. The van der Waals surface area contributed by atoms with Crippen LogP contribution in [0.2, 0.25) is 0 Å². The Morgan fingerprint density at radius 3 is 1.41 bits per heavy atom. The van der Waals surface area contributed by atoms with E-state index < -0.39 is 155 Å². The fourth-order valence-electron chi connectivity index (χ4n) is 13.1. The Hall–Kier alpha value is -2.53. The molecule has 0 radical (unpaired) electrons. The van der Waals surface area contributed by atoms with Gasteiger partial charge in [-0.1, -0.05) is 257 Å². The molecule has 0 aromatic carbocycles. The number of allylic oxidation sites excluding steroid dienone is 1. The summed E-state index contributed by atoms with van der Waals surface area (Å²) in [6.07, 6.45) is 22.5. The number of unbranched alkanes of at least 4 members (excludes halogenated alkanes) is 37. The van der Waals surface area contributed by atoms with E-state index in [4.69, 9.17) is 28.4 Å². The smallest absolute Gasteiger partial charge is 0.364 e. The maximum atomic E-state index is 13.5. The van der Waals surface area contributed by atoms with Gasteiger partial charge in [-0.05, 0) is 19.3 Å². The van der Waals surface area contributed by atoms with Crippen molar-refractivity contribution in [3.63, 3.8) is 0 Å². The Labute approximate surface area is 562 Å². The average Bonchev–Trinajstić information content (AvgIpc) is 0.760. The van der Waals surface area contributed by atoms with E-state index in [1.165, 1.54) is 193 Å². The third-order valence-electron chi connectivity index (χ3n) is 19.0. The van der Waals surface area contributed by atoms with Crippen LogP contribution in [-0.2, 0) is 42.8 Å². The molecule has 552 valence electrons. The molecule has 3 heterocycles. The molecular weight excluding hydrogens is 1220 g/mol. The van der Waals surface area contributed by atoms with Crippen molar-refractivity contribution in [2.45, 2.75) is 394 Å².